The second kappa shape index (κ2) is 4.96. The number of hydrogen-bond acceptors (Lipinski definition) is 2. The average Bonchev–Trinajstić information content (AvgIpc) is 1.87. The Morgan fingerprint density at radius 1 is 1.70 bits per heavy atom. The summed E-state index contributed by atoms with van der Waals surface area (Å²) in [7, 11) is 0. The maximum absolute atomic E-state index is 11.4. The molecule has 5 heteroatoms. The number of hydrogen-bond donors (Lipinski definition) is 1. The Labute approximate surface area is 57.8 Å². The van der Waals surface area contributed by atoms with E-state index in [-0.39, 0.29) is 5.84 Å². The van der Waals surface area contributed by atoms with E-state index in [1.807, 2.05) is 0 Å². The molecule has 0 aromatic heterocycles. The zero-order chi connectivity index (χ0) is 7.98. The van der Waals surface area contributed by atoms with Gasteiger partial charge in [-0.2, -0.15) is 0 Å². The molecule has 2 N–H and O–H groups in total. The summed E-state index contributed by atoms with van der Waals surface area (Å²) in [4.78, 5) is 4.16. The first-order valence-corrected chi connectivity index (χ1v) is 2.89. The first-order chi connectivity index (χ1) is 4.66. The van der Waals surface area contributed by atoms with E-state index >= 15 is 0 Å². The fraction of sp³-hybridized carbons (Fsp3) is 0.800. The van der Waals surface area contributed by atoms with Crippen molar-refractivity contribution in [3.05, 3.63) is 0 Å². The van der Waals surface area contributed by atoms with Crippen molar-refractivity contribution >= 4 is 5.84 Å². The second-order valence-electron chi connectivity index (χ2n) is 1.62. The molecule has 0 aromatic carbocycles. The normalized spacial score (nSPS) is 12.2. The highest BCUT2D eigenvalue weighted by Crippen LogP contribution is 1.92. The van der Waals surface area contributed by atoms with Crippen molar-refractivity contribution in [3.63, 3.8) is 0 Å². The van der Waals surface area contributed by atoms with Gasteiger partial charge in [-0.05, 0) is 0 Å². The van der Waals surface area contributed by atoms with Crippen LogP contribution in [-0.2, 0) is 4.84 Å². The molecule has 60 valence electrons. The first kappa shape index (κ1) is 9.13. The summed E-state index contributed by atoms with van der Waals surface area (Å²) in [6.45, 7) is 1.06. The molecule has 0 atom stereocenters. The molecular weight excluding hydrogens is 142 g/mol. The largest absolute Gasteiger partial charge is 0.388 e. The van der Waals surface area contributed by atoms with E-state index in [0.29, 0.717) is 6.42 Å². The summed E-state index contributed by atoms with van der Waals surface area (Å²) in [6, 6.07) is 0. The molecule has 0 heterocycles. The Morgan fingerprint density at radius 2 is 2.30 bits per heavy atom. The number of nitrogens with two attached hydrogens (primary N) is 1. The van der Waals surface area contributed by atoms with Crippen molar-refractivity contribution in [3.8, 4) is 0 Å². The molecule has 3 nitrogen and oxygen atoms in total. The lowest BCUT2D eigenvalue weighted by molar-refractivity contribution is 0.0199. The molecule has 0 amide bonds. The van der Waals surface area contributed by atoms with E-state index in [2.05, 4.69) is 9.99 Å². The van der Waals surface area contributed by atoms with Gasteiger partial charge >= 0.3 is 0 Å². The zero-order valence-corrected chi connectivity index (χ0v) is 5.68. The minimum Gasteiger partial charge on any atom is -0.388 e. The van der Waals surface area contributed by atoms with E-state index in [1.54, 1.807) is 6.92 Å². The molecule has 0 aliphatic heterocycles. The maximum Gasteiger partial charge on any atom is 0.274 e. The minimum atomic E-state index is -2.49. The van der Waals surface area contributed by atoms with Crippen LogP contribution in [-0.4, -0.2) is 18.9 Å². The van der Waals surface area contributed by atoms with Gasteiger partial charge in [0.25, 0.3) is 6.43 Å². The topological polar surface area (TPSA) is 47.6 Å². The Hall–Kier alpha value is -0.870. The SMILES string of the molecule is CCC(N)=NOCC(F)F. The van der Waals surface area contributed by atoms with Crippen LogP contribution in [0.1, 0.15) is 13.3 Å². The fourth-order valence-corrected chi connectivity index (χ4v) is 0.241. The van der Waals surface area contributed by atoms with E-state index < -0.39 is 13.0 Å². The predicted octanol–water partition coefficient (Wildman–Crippen LogP) is 0.950. The molecular formula is C5H10F2N2O. The summed E-state index contributed by atoms with van der Waals surface area (Å²) in [6.07, 6.45) is -1.99. The van der Waals surface area contributed by atoms with Crippen LogP contribution in [0.5, 0.6) is 0 Å². The van der Waals surface area contributed by atoms with Crippen molar-refractivity contribution in [1.82, 2.24) is 0 Å². The van der Waals surface area contributed by atoms with Gasteiger partial charge in [0.05, 0.1) is 0 Å². The van der Waals surface area contributed by atoms with Crippen LogP contribution < -0.4 is 5.73 Å². The predicted molar refractivity (Wildman–Crippen MR) is 33.9 cm³/mol. The number of alkyl halides is 2. The van der Waals surface area contributed by atoms with Crippen LogP contribution in [0, 0.1) is 0 Å². The molecule has 0 radical (unpaired) electrons. The summed E-state index contributed by atoms with van der Waals surface area (Å²) in [5.74, 6) is 0.223. The van der Waals surface area contributed by atoms with Gasteiger partial charge in [0.1, 0.15) is 5.84 Å². The molecule has 0 saturated heterocycles. The molecule has 0 aliphatic carbocycles. The summed E-state index contributed by atoms with van der Waals surface area (Å²) in [5, 5.41) is 3.20. The Kier molecular flexibility index (Phi) is 4.53. The van der Waals surface area contributed by atoms with Gasteiger partial charge in [-0.15, -0.1) is 0 Å². The highest BCUT2D eigenvalue weighted by atomic mass is 19.3. The van der Waals surface area contributed by atoms with Crippen LogP contribution in [0.25, 0.3) is 0 Å². The Bertz CT molecular complexity index is 116. The smallest absolute Gasteiger partial charge is 0.274 e. The number of halogens is 2. The molecule has 0 unspecified atom stereocenters. The van der Waals surface area contributed by atoms with E-state index in [9.17, 15) is 8.78 Å². The van der Waals surface area contributed by atoms with Crippen LogP contribution >= 0.6 is 0 Å². The highest BCUT2D eigenvalue weighted by Gasteiger charge is 2.00. The van der Waals surface area contributed by atoms with Gasteiger partial charge in [-0.3, -0.25) is 0 Å². The minimum absolute atomic E-state index is 0.223. The number of rotatable bonds is 4. The second-order valence-corrected chi connectivity index (χ2v) is 1.62. The monoisotopic (exact) mass is 152 g/mol. The highest BCUT2D eigenvalue weighted by molar-refractivity contribution is 5.79. The number of amidine groups is 1. The van der Waals surface area contributed by atoms with Gasteiger partial charge in [0.2, 0.25) is 0 Å². The van der Waals surface area contributed by atoms with Crippen molar-refractivity contribution in [1.29, 1.82) is 0 Å². The van der Waals surface area contributed by atoms with Crippen molar-refractivity contribution in [2.24, 2.45) is 10.9 Å². The number of nitrogens with zero attached hydrogens (tertiary/aromatic N) is 1. The van der Waals surface area contributed by atoms with Gasteiger partial charge in [-0.1, -0.05) is 12.1 Å². The van der Waals surface area contributed by atoms with Gasteiger partial charge in [-0.25, -0.2) is 8.78 Å². The lowest BCUT2D eigenvalue weighted by atomic mass is 10.5. The molecule has 10 heavy (non-hydrogen) atoms. The van der Waals surface area contributed by atoms with E-state index in [4.69, 9.17) is 5.73 Å². The molecule has 0 fully saturated rings. The quantitative estimate of drug-likeness (QED) is 0.370. The molecule has 0 bridgehead atoms. The average molecular weight is 152 g/mol. The molecule has 0 saturated carbocycles. The fourth-order valence-electron chi connectivity index (χ4n) is 0.241. The summed E-state index contributed by atoms with van der Waals surface area (Å²) in [5.41, 5.74) is 5.14. The number of oxime groups is 1. The molecule has 0 aromatic rings. The lowest BCUT2D eigenvalue weighted by Gasteiger charge is -1.97. The van der Waals surface area contributed by atoms with E-state index in [0.717, 1.165) is 0 Å². The third-order valence-electron chi connectivity index (χ3n) is 0.745. The van der Waals surface area contributed by atoms with Crippen LogP contribution in [0.3, 0.4) is 0 Å². The third kappa shape index (κ3) is 5.27. The van der Waals surface area contributed by atoms with E-state index in [1.165, 1.54) is 0 Å². The zero-order valence-electron chi connectivity index (χ0n) is 5.68. The standard InChI is InChI=1S/C5H10F2N2O/c1-2-5(8)9-10-3-4(6)7/h4H,2-3H2,1H3,(H2,8,9). The van der Waals surface area contributed by atoms with Crippen molar-refractivity contribution in [2.75, 3.05) is 6.61 Å². The van der Waals surface area contributed by atoms with Crippen LogP contribution in [0.4, 0.5) is 8.78 Å². The maximum atomic E-state index is 11.4. The van der Waals surface area contributed by atoms with Gasteiger partial charge in [0, 0.05) is 6.42 Å². The third-order valence-corrected chi connectivity index (χ3v) is 0.745. The Balaban J connectivity index is 3.34. The summed E-state index contributed by atoms with van der Waals surface area (Å²) < 4.78 is 22.7. The van der Waals surface area contributed by atoms with Crippen molar-refractivity contribution in [2.45, 2.75) is 19.8 Å². The van der Waals surface area contributed by atoms with Gasteiger partial charge < -0.3 is 10.6 Å². The molecule has 0 aliphatic rings. The van der Waals surface area contributed by atoms with Crippen LogP contribution in [0.15, 0.2) is 5.16 Å². The summed E-state index contributed by atoms with van der Waals surface area (Å²) >= 11 is 0. The first-order valence-electron chi connectivity index (χ1n) is 2.89. The van der Waals surface area contributed by atoms with Crippen LogP contribution in [0.2, 0.25) is 0 Å². The van der Waals surface area contributed by atoms with Crippen molar-refractivity contribution < 1.29 is 13.6 Å². The lowest BCUT2D eigenvalue weighted by Crippen LogP contribution is -2.11. The molecule has 0 spiro atoms. The van der Waals surface area contributed by atoms with Gasteiger partial charge in [0.15, 0.2) is 6.61 Å². The molecule has 0 rings (SSSR count). The Morgan fingerprint density at radius 3 is 2.70 bits per heavy atom.